The zero-order valence-corrected chi connectivity index (χ0v) is 14.7. The van der Waals surface area contributed by atoms with Gasteiger partial charge in [0.15, 0.2) is 11.6 Å². The molecule has 3 aliphatic rings. The standard InChI is InChI=1S/C16H16ClFN4O2S/c17-16-21-12(14-19-5-6-25-14)10(18)13(22-16)20-11-8-3-1-7(2-4-8)9(11)15(23)24/h5-9,11H,1-4H2,(H,23,24)(H,20,21,22). The average Bonchev–Trinajstić information content (AvgIpc) is 3.12. The Balaban J connectivity index is 1.69. The summed E-state index contributed by atoms with van der Waals surface area (Å²) in [5.41, 5.74) is 0.0327. The molecule has 25 heavy (non-hydrogen) atoms. The summed E-state index contributed by atoms with van der Waals surface area (Å²) in [5.74, 6) is -1.75. The summed E-state index contributed by atoms with van der Waals surface area (Å²) in [6.45, 7) is 0. The Hall–Kier alpha value is -1.80. The molecule has 2 unspecified atom stereocenters. The number of halogens is 2. The lowest BCUT2D eigenvalue weighted by molar-refractivity contribution is -0.148. The Kier molecular flexibility index (Phi) is 4.33. The van der Waals surface area contributed by atoms with Crippen LogP contribution >= 0.6 is 22.9 Å². The van der Waals surface area contributed by atoms with Crippen molar-refractivity contribution in [2.75, 3.05) is 5.32 Å². The third kappa shape index (κ3) is 2.97. The number of aromatic nitrogens is 3. The molecule has 132 valence electrons. The first kappa shape index (κ1) is 16.7. The first-order valence-electron chi connectivity index (χ1n) is 8.17. The van der Waals surface area contributed by atoms with Crippen LogP contribution in [0.25, 0.3) is 10.7 Å². The van der Waals surface area contributed by atoms with Crippen LogP contribution in [0.5, 0.6) is 0 Å². The molecule has 2 aromatic rings. The minimum atomic E-state index is -0.840. The van der Waals surface area contributed by atoms with Crippen molar-refractivity contribution in [2.45, 2.75) is 31.7 Å². The van der Waals surface area contributed by atoms with E-state index in [9.17, 15) is 14.3 Å². The average molecular weight is 383 g/mol. The molecule has 0 radical (unpaired) electrons. The highest BCUT2D eigenvalue weighted by atomic mass is 35.5. The number of aliphatic carboxylic acids is 1. The van der Waals surface area contributed by atoms with Crippen LogP contribution < -0.4 is 5.32 Å². The van der Waals surface area contributed by atoms with Crippen LogP contribution in [0.15, 0.2) is 11.6 Å². The van der Waals surface area contributed by atoms with Crippen LogP contribution in [0.1, 0.15) is 25.7 Å². The molecule has 0 aliphatic heterocycles. The summed E-state index contributed by atoms with van der Waals surface area (Å²) >= 11 is 7.22. The van der Waals surface area contributed by atoms with Gasteiger partial charge in [-0.05, 0) is 49.1 Å². The van der Waals surface area contributed by atoms with E-state index < -0.39 is 17.7 Å². The van der Waals surface area contributed by atoms with Gasteiger partial charge in [-0.15, -0.1) is 11.3 Å². The number of carboxylic acids is 1. The third-order valence-corrected chi connectivity index (χ3v) is 6.22. The lowest BCUT2D eigenvalue weighted by Crippen LogP contribution is -2.51. The Morgan fingerprint density at radius 3 is 2.64 bits per heavy atom. The molecule has 2 heterocycles. The van der Waals surface area contributed by atoms with Gasteiger partial charge >= 0.3 is 5.97 Å². The molecule has 2 bridgehead atoms. The van der Waals surface area contributed by atoms with Gasteiger partial charge in [0.25, 0.3) is 0 Å². The Bertz CT molecular complexity index is 796. The van der Waals surface area contributed by atoms with E-state index in [0.717, 1.165) is 25.7 Å². The number of hydrogen-bond acceptors (Lipinski definition) is 6. The summed E-state index contributed by atoms with van der Waals surface area (Å²) < 4.78 is 14.9. The molecule has 5 rings (SSSR count). The van der Waals surface area contributed by atoms with Crippen LogP contribution in [0.3, 0.4) is 0 Å². The fourth-order valence-corrected chi connectivity index (χ4v) is 4.96. The van der Waals surface area contributed by atoms with Gasteiger partial charge in [-0.2, -0.15) is 4.98 Å². The van der Waals surface area contributed by atoms with Crippen molar-refractivity contribution >= 4 is 34.7 Å². The van der Waals surface area contributed by atoms with Crippen LogP contribution in [-0.2, 0) is 4.79 Å². The summed E-state index contributed by atoms with van der Waals surface area (Å²) in [5, 5.41) is 14.7. The number of nitrogens with one attached hydrogen (secondary N) is 1. The van der Waals surface area contributed by atoms with Gasteiger partial charge < -0.3 is 10.4 Å². The van der Waals surface area contributed by atoms with Gasteiger partial charge in [0.2, 0.25) is 5.28 Å². The van der Waals surface area contributed by atoms with Crippen LogP contribution in [0.4, 0.5) is 10.2 Å². The molecule has 0 amide bonds. The molecule has 0 spiro atoms. The van der Waals surface area contributed by atoms with Crippen molar-refractivity contribution < 1.29 is 14.3 Å². The maximum absolute atomic E-state index is 14.9. The summed E-state index contributed by atoms with van der Waals surface area (Å²) in [4.78, 5) is 23.7. The Morgan fingerprint density at radius 2 is 2.00 bits per heavy atom. The zero-order valence-electron chi connectivity index (χ0n) is 13.2. The number of carbonyl (C=O) groups is 1. The van der Waals surface area contributed by atoms with Crippen molar-refractivity contribution in [2.24, 2.45) is 17.8 Å². The molecule has 3 saturated carbocycles. The number of nitrogens with zero attached hydrogens (tertiary/aromatic N) is 3. The first-order valence-corrected chi connectivity index (χ1v) is 9.42. The zero-order chi connectivity index (χ0) is 17.6. The van der Waals surface area contributed by atoms with Gasteiger partial charge in [-0.3, -0.25) is 4.79 Å². The minimum absolute atomic E-state index is 0.0327. The number of rotatable bonds is 4. The molecule has 2 atom stereocenters. The highest BCUT2D eigenvalue weighted by Gasteiger charge is 2.47. The molecule has 0 aromatic carbocycles. The van der Waals surface area contributed by atoms with E-state index in [1.807, 2.05) is 0 Å². The van der Waals surface area contributed by atoms with E-state index in [0.29, 0.717) is 5.01 Å². The molecule has 3 fully saturated rings. The quantitative estimate of drug-likeness (QED) is 0.784. The smallest absolute Gasteiger partial charge is 0.308 e. The first-order chi connectivity index (χ1) is 12.0. The highest BCUT2D eigenvalue weighted by Crippen LogP contribution is 2.46. The van der Waals surface area contributed by atoms with Crippen molar-refractivity contribution in [3.05, 3.63) is 22.7 Å². The largest absolute Gasteiger partial charge is 0.481 e. The molecule has 3 aliphatic carbocycles. The number of fused-ring (bicyclic) bond motifs is 3. The van der Waals surface area contributed by atoms with E-state index in [1.54, 1.807) is 11.6 Å². The molecule has 2 N–H and O–H groups in total. The number of hydrogen-bond donors (Lipinski definition) is 2. The number of carboxylic acid groups (broad SMARTS) is 1. The molecular weight excluding hydrogens is 367 g/mol. The van der Waals surface area contributed by atoms with Crippen LogP contribution in [0, 0.1) is 23.6 Å². The second kappa shape index (κ2) is 6.49. The highest BCUT2D eigenvalue weighted by molar-refractivity contribution is 7.13. The van der Waals surface area contributed by atoms with E-state index >= 15 is 0 Å². The summed E-state index contributed by atoms with van der Waals surface area (Å²) in [6, 6.07) is -0.352. The normalized spacial score (nSPS) is 28.1. The Morgan fingerprint density at radius 1 is 1.28 bits per heavy atom. The molecular formula is C16H16ClFN4O2S. The van der Waals surface area contributed by atoms with E-state index in [2.05, 4.69) is 20.3 Å². The summed E-state index contributed by atoms with van der Waals surface area (Å²) in [6.07, 6.45) is 5.29. The van der Waals surface area contributed by atoms with E-state index in [-0.39, 0.29) is 34.7 Å². The third-order valence-electron chi connectivity index (χ3n) is 5.27. The van der Waals surface area contributed by atoms with Crippen molar-refractivity contribution in [1.82, 2.24) is 15.0 Å². The van der Waals surface area contributed by atoms with Crippen molar-refractivity contribution in [3.63, 3.8) is 0 Å². The van der Waals surface area contributed by atoms with E-state index in [4.69, 9.17) is 11.6 Å². The molecule has 0 saturated heterocycles. The van der Waals surface area contributed by atoms with E-state index in [1.165, 1.54) is 11.3 Å². The second-order valence-electron chi connectivity index (χ2n) is 6.55. The fourth-order valence-electron chi connectivity index (χ4n) is 4.17. The molecule has 9 heteroatoms. The summed E-state index contributed by atoms with van der Waals surface area (Å²) in [7, 11) is 0. The Labute approximate surface area is 152 Å². The topological polar surface area (TPSA) is 88.0 Å². The monoisotopic (exact) mass is 382 g/mol. The van der Waals surface area contributed by atoms with Crippen molar-refractivity contribution in [1.29, 1.82) is 0 Å². The van der Waals surface area contributed by atoms with Gasteiger partial charge in [0, 0.05) is 17.6 Å². The van der Waals surface area contributed by atoms with Gasteiger partial charge in [-0.25, -0.2) is 14.4 Å². The SMILES string of the molecule is O=C(O)C1C2CCC(CC2)C1Nc1nc(Cl)nc(-c2nccs2)c1F. The second-order valence-corrected chi connectivity index (χ2v) is 7.78. The number of anilines is 1. The van der Waals surface area contributed by atoms with Gasteiger partial charge in [-0.1, -0.05) is 0 Å². The fraction of sp³-hybridized carbons (Fsp3) is 0.500. The lowest BCUT2D eigenvalue weighted by atomic mass is 9.61. The number of thiazole rings is 1. The predicted molar refractivity (Wildman–Crippen MR) is 92.1 cm³/mol. The molecule has 6 nitrogen and oxygen atoms in total. The minimum Gasteiger partial charge on any atom is -0.481 e. The lowest BCUT2D eigenvalue weighted by Gasteiger charge is -2.47. The van der Waals surface area contributed by atoms with Crippen molar-refractivity contribution in [3.8, 4) is 10.7 Å². The molecule has 2 aromatic heterocycles. The van der Waals surface area contributed by atoms with Crippen LogP contribution in [0.2, 0.25) is 5.28 Å². The van der Waals surface area contributed by atoms with Gasteiger partial charge in [0.05, 0.1) is 5.92 Å². The predicted octanol–water partition coefficient (Wildman–Crippen LogP) is 3.69. The van der Waals surface area contributed by atoms with Crippen LogP contribution in [-0.4, -0.2) is 32.1 Å². The maximum atomic E-state index is 14.9. The maximum Gasteiger partial charge on any atom is 0.308 e. The van der Waals surface area contributed by atoms with Gasteiger partial charge in [0.1, 0.15) is 10.7 Å².